The standard InChI is InChI=1S/C12H17N3O.HI/c1-9(15-12-13-7-8-14-12)10-3-5-11(16-2)6-4-10;/h3-6,9H,7-8H2,1-2H3,(H2,13,14,15);1H/t9-;/m0./s1. The number of guanidine groups is 1. The summed E-state index contributed by atoms with van der Waals surface area (Å²) in [4.78, 5) is 4.30. The van der Waals surface area contributed by atoms with Gasteiger partial charge >= 0.3 is 0 Å². The van der Waals surface area contributed by atoms with Crippen LogP contribution in [0.2, 0.25) is 0 Å². The Labute approximate surface area is 119 Å². The molecule has 4 nitrogen and oxygen atoms in total. The summed E-state index contributed by atoms with van der Waals surface area (Å²) in [5.41, 5.74) is 1.22. The summed E-state index contributed by atoms with van der Waals surface area (Å²) in [6.07, 6.45) is 0. The van der Waals surface area contributed by atoms with Crippen LogP contribution in [0.1, 0.15) is 18.5 Å². The van der Waals surface area contributed by atoms with Gasteiger partial charge in [0.2, 0.25) is 0 Å². The Kier molecular flexibility index (Phi) is 5.54. The van der Waals surface area contributed by atoms with Gasteiger partial charge in [0.15, 0.2) is 5.96 Å². The molecule has 0 amide bonds. The number of aliphatic imine (C=N–C) groups is 1. The fourth-order valence-corrected chi connectivity index (χ4v) is 1.68. The minimum absolute atomic E-state index is 0. The molecule has 1 aromatic rings. The molecule has 1 heterocycles. The first-order valence-electron chi connectivity index (χ1n) is 5.48. The van der Waals surface area contributed by atoms with Gasteiger partial charge in [-0.2, -0.15) is 0 Å². The van der Waals surface area contributed by atoms with Crippen molar-refractivity contribution in [1.82, 2.24) is 10.6 Å². The molecule has 1 aromatic carbocycles. The molecule has 5 heteroatoms. The van der Waals surface area contributed by atoms with Crippen molar-refractivity contribution in [3.8, 4) is 5.75 Å². The number of methoxy groups -OCH3 is 1. The van der Waals surface area contributed by atoms with E-state index in [4.69, 9.17) is 4.74 Å². The summed E-state index contributed by atoms with van der Waals surface area (Å²) in [5.74, 6) is 1.77. The van der Waals surface area contributed by atoms with Gasteiger partial charge in [-0.1, -0.05) is 12.1 Å². The normalized spacial score (nSPS) is 15.3. The number of nitrogens with one attached hydrogen (secondary N) is 2. The van der Waals surface area contributed by atoms with Crippen LogP contribution < -0.4 is 15.4 Å². The summed E-state index contributed by atoms with van der Waals surface area (Å²) in [7, 11) is 1.67. The van der Waals surface area contributed by atoms with E-state index in [1.54, 1.807) is 7.11 Å². The van der Waals surface area contributed by atoms with E-state index in [1.807, 2.05) is 12.1 Å². The number of ether oxygens (including phenoxy) is 1. The number of rotatable bonds is 3. The molecule has 0 aromatic heterocycles. The molecular weight excluding hydrogens is 329 g/mol. The Morgan fingerprint density at radius 2 is 2.06 bits per heavy atom. The van der Waals surface area contributed by atoms with Crippen LogP contribution in [-0.4, -0.2) is 26.2 Å². The summed E-state index contributed by atoms with van der Waals surface area (Å²) >= 11 is 0. The average Bonchev–Trinajstić information content (AvgIpc) is 2.82. The lowest BCUT2D eigenvalue weighted by atomic mass is 10.1. The van der Waals surface area contributed by atoms with E-state index in [0.717, 1.165) is 24.8 Å². The van der Waals surface area contributed by atoms with Crippen LogP contribution in [0, 0.1) is 0 Å². The first kappa shape index (κ1) is 14.1. The van der Waals surface area contributed by atoms with Crippen molar-refractivity contribution >= 4 is 29.9 Å². The average molecular weight is 347 g/mol. The molecule has 0 spiro atoms. The SMILES string of the molecule is COc1ccc([C@H](C)NC2=NCCN2)cc1.I. The van der Waals surface area contributed by atoms with Gasteiger partial charge in [0, 0.05) is 6.54 Å². The van der Waals surface area contributed by atoms with Crippen molar-refractivity contribution in [3.05, 3.63) is 29.8 Å². The third kappa shape index (κ3) is 3.76. The zero-order valence-electron chi connectivity index (χ0n) is 10.1. The molecule has 0 saturated carbocycles. The van der Waals surface area contributed by atoms with Gasteiger partial charge in [-0.3, -0.25) is 4.99 Å². The third-order valence-electron chi connectivity index (χ3n) is 2.64. The quantitative estimate of drug-likeness (QED) is 0.822. The predicted molar refractivity (Wildman–Crippen MR) is 80.3 cm³/mol. The highest BCUT2D eigenvalue weighted by Gasteiger charge is 2.10. The molecule has 94 valence electrons. The van der Waals surface area contributed by atoms with Crippen LogP contribution in [0.5, 0.6) is 5.75 Å². The Morgan fingerprint density at radius 3 is 2.59 bits per heavy atom. The molecule has 1 aliphatic heterocycles. The summed E-state index contributed by atoms with van der Waals surface area (Å²) in [6.45, 7) is 3.90. The van der Waals surface area contributed by atoms with E-state index in [2.05, 4.69) is 34.7 Å². The van der Waals surface area contributed by atoms with Crippen LogP contribution in [0.4, 0.5) is 0 Å². The Hall–Kier alpha value is -0.980. The van der Waals surface area contributed by atoms with E-state index >= 15 is 0 Å². The smallest absolute Gasteiger partial charge is 0.191 e. The zero-order valence-corrected chi connectivity index (χ0v) is 12.4. The van der Waals surface area contributed by atoms with Gasteiger partial charge in [0.1, 0.15) is 5.75 Å². The summed E-state index contributed by atoms with van der Waals surface area (Å²) in [5, 5.41) is 6.52. The van der Waals surface area contributed by atoms with Crippen molar-refractivity contribution < 1.29 is 4.74 Å². The highest BCUT2D eigenvalue weighted by Crippen LogP contribution is 2.17. The highest BCUT2D eigenvalue weighted by molar-refractivity contribution is 14.0. The topological polar surface area (TPSA) is 45.6 Å². The van der Waals surface area contributed by atoms with E-state index in [0.29, 0.717) is 0 Å². The number of hydrogen-bond acceptors (Lipinski definition) is 4. The highest BCUT2D eigenvalue weighted by atomic mass is 127. The lowest BCUT2D eigenvalue weighted by Gasteiger charge is -2.15. The number of benzene rings is 1. The van der Waals surface area contributed by atoms with Gasteiger partial charge in [0.05, 0.1) is 19.7 Å². The number of hydrogen-bond donors (Lipinski definition) is 2. The third-order valence-corrected chi connectivity index (χ3v) is 2.64. The van der Waals surface area contributed by atoms with E-state index in [1.165, 1.54) is 5.56 Å². The van der Waals surface area contributed by atoms with E-state index < -0.39 is 0 Å². The first-order valence-corrected chi connectivity index (χ1v) is 5.48. The monoisotopic (exact) mass is 347 g/mol. The molecule has 1 atom stereocenters. The molecule has 0 saturated heterocycles. The van der Waals surface area contributed by atoms with Gasteiger partial charge < -0.3 is 15.4 Å². The minimum Gasteiger partial charge on any atom is -0.497 e. The lowest BCUT2D eigenvalue weighted by molar-refractivity contribution is 0.414. The second-order valence-electron chi connectivity index (χ2n) is 3.80. The largest absolute Gasteiger partial charge is 0.497 e. The van der Waals surface area contributed by atoms with Crippen molar-refractivity contribution in [2.75, 3.05) is 20.2 Å². The molecule has 2 rings (SSSR count). The summed E-state index contributed by atoms with van der Waals surface area (Å²) < 4.78 is 5.13. The van der Waals surface area contributed by atoms with Gasteiger partial charge in [-0.25, -0.2) is 0 Å². The zero-order chi connectivity index (χ0) is 11.4. The Morgan fingerprint density at radius 1 is 1.35 bits per heavy atom. The maximum Gasteiger partial charge on any atom is 0.191 e. The lowest BCUT2D eigenvalue weighted by Crippen LogP contribution is -2.35. The van der Waals surface area contributed by atoms with Crippen LogP contribution in [0.25, 0.3) is 0 Å². The second kappa shape index (κ2) is 6.68. The first-order chi connectivity index (χ1) is 7.79. The molecule has 0 aliphatic carbocycles. The van der Waals surface area contributed by atoms with Crippen molar-refractivity contribution in [2.45, 2.75) is 13.0 Å². The second-order valence-corrected chi connectivity index (χ2v) is 3.80. The fourth-order valence-electron chi connectivity index (χ4n) is 1.68. The van der Waals surface area contributed by atoms with E-state index in [9.17, 15) is 0 Å². The maximum absolute atomic E-state index is 5.13. The molecule has 0 bridgehead atoms. The minimum atomic E-state index is 0. The van der Waals surface area contributed by atoms with Crippen LogP contribution in [-0.2, 0) is 0 Å². The Balaban J connectivity index is 0.00000144. The Bertz CT molecular complexity index is 378. The van der Waals surface area contributed by atoms with Crippen LogP contribution >= 0.6 is 24.0 Å². The van der Waals surface area contributed by atoms with Crippen molar-refractivity contribution in [2.24, 2.45) is 4.99 Å². The number of halogens is 1. The van der Waals surface area contributed by atoms with Crippen LogP contribution in [0.15, 0.2) is 29.3 Å². The number of nitrogens with zero attached hydrogens (tertiary/aromatic N) is 1. The summed E-state index contributed by atoms with van der Waals surface area (Å²) in [6, 6.07) is 8.31. The fraction of sp³-hybridized carbons (Fsp3) is 0.417. The maximum atomic E-state index is 5.13. The van der Waals surface area contributed by atoms with Gasteiger partial charge in [0.25, 0.3) is 0 Å². The van der Waals surface area contributed by atoms with Crippen molar-refractivity contribution in [3.63, 3.8) is 0 Å². The molecule has 0 fully saturated rings. The van der Waals surface area contributed by atoms with Gasteiger partial charge in [-0.15, -0.1) is 24.0 Å². The molecule has 0 unspecified atom stereocenters. The van der Waals surface area contributed by atoms with E-state index in [-0.39, 0.29) is 30.0 Å². The predicted octanol–water partition coefficient (Wildman–Crippen LogP) is 1.92. The molecule has 0 radical (unpaired) electrons. The molecule has 2 N–H and O–H groups in total. The van der Waals surface area contributed by atoms with Crippen molar-refractivity contribution in [1.29, 1.82) is 0 Å². The molecule has 1 aliphatic rings. The van der Waals surface area contributed by atoms with Gasteiger partial charge in [-0.05, 0) is 24.6 Å². The molecular formula is C12H18IN3O. The van der Waals surface area contributed by atoms with Crippen LogP contribution in [0.3, 0.4) is 0 Å². The molecule has 17 heavy (non-hydrogen) atoms.